The van der Waals surface area contributed by atoms with E-state index in [4.69, 9.17) is 10.5 Å². The largest absolute Gasteiger partial charge is 0.497 e. The average Bonchev–Trinajstić information content (AvgIpc) is 2.49. The third kappa shape index (κ3) is 3.97. The molecule has 1 saturated heterocycles. The summed E-state index contributed by atoms with van der Waals surface area (Å²) in [6, 6.07) is 9.72. The molecule has 0 aliphatic carbocycles. The number of methoxy groups -OCH3 is 1. The van der Waals surface area contributed by atoms with E-state index in [1.165, 1.54) is 31.4 Å². The summed E-state index contributed by atoms with van der Waals surface area (Å²) in [7, 11) is 1.71. The van der Waals surface area contributed by atoms with E-state index in [-0.39, 0.29) is 0 Å². The second kappa shape index (κ2) is 7.65. The molecule has 1 aromatic carbocycles. The fraction of sp³-hybridized carbons (Fsp3) is 0.647. The number of hydrogen-bond acceptors (Lipinski definition) is 3. The van der Waals surface area contributed by atoms with Gasteiger partial charge in [-0.25, -0.2) is 0 Å². The number of benzene rings is 1. The summed E-state index contributed by atoms with van der Waals surface area (Å²) in [5, 5.41) is 0. The van der Waals surface area contributed by atoms with Crippen LogP contribution < -0.4 is 10.5 Å². The second-order valence-corrected chi connectivity index (χ2v) is 5.87. The van der Waals surface area contributed by atoms with Gasteiger partial charge in [-0.15, -0.1) is 0 Å². The Labute approximate surface area is 123 Å². The smallest absolute Gasteiger partial charge is 0.118 e. The van der Waals surface area contributed by atoms with E-state index in [0.717, 1.165) is 25.1 Å². The molecule has 0 amide bonds. The quantitative estimate of drug-likeness (QED) is 0.868. The van der Waals surface area contributed by atoms with Gasteiger partial charge in [0.1, 0.15) is 5.75 Å². The van der Waals surface area contributed by atoms with Gasteiger partial charge in [-0.3, -0.25) is 4.90 Å². The summed E-state index contributed by atoms with van der Waals surface area (Å²) in [5.74, 6) is 0.931. The summed E-state index contributed by atoms with van der Waals surface area (Å²) in [5.41, 5.74) is 7.15. The fourth-order valence-electron chi connectivity index (χ4n) is 3.33. The van der Waals surface area contributed by atoms with E-state index in [2.05, 4.69) is 36.1 Å². The zero-order valence-electron chi connectivity index (χ0n) is 12.8. The van der Waals surface area contributed by atoms with Crippen LogP contribution in [0.3, 0.4) is 0 Å². The van der Waals surface area contributed by atoms with Crippen molar-refractivity contribution < 1.29 is 4.74 Å². The van der Waals surface area contributed by atoms with Gasteiger partial charge in [0, 0.05) is 12.1 Å². The van der Waals surface area contributed by atoms with Crippen molar-refractivity contribution in [3.05, 3.63) is 29.8 Å². The van der Waals surface area contributed by atoms with Crippen LogP contribution in [0.15, 0.2) is 24.3 Å². The van der Waals surface area contributed by atoms with Crippen LogP contribution in [-0.2, 0) is 6.42 Å². The lowest BCUT2D eigenvalue weighted by Gasteiger charge is -2.40. The van der Waals surface area contributed by atoms with E-state index < -0.39 is 0 Å². The topological polar surface area (TPSA) is 38.5 Å². The first-order chi connectivity index (χ1) is 9.74. The van der Waals surface area contributed by atoms with Crippen molar-refractivity contribution in [2.75, 3.05) is 20.2 Å². The summed E-state index contributed by atoms with van der Waals surface area (Å²) >= 11 is 0. The average molecular weight is 276 g/mol. The molecule has 2 rings (SSSR count). The first-order valence-electron chi connectivity index (χ1n) is 7.83. The molecule has 1 aliphatic rings. The minimum absolute atomic E-state index is 0.584. The summed E-state index contributed by atoms with van der Waals surface area (Å²) in [6.45, 7) is 4.37. The number of hydrogen-bond donors (Lipinski definition) is 1. The molecule has 1 fully saturated rings. The fourth-order valence-corrected chi connectivity index (χ4v) is 3.33. The molecule has 0 bridgehead atoms. The Hall–Kier alpha value is -1.06. The molecular weight excluding hydrogens is 248 g/mol. The third-order valence-electron chi connectivity index (χ3n) is 4.43. The van der Waals surface area contributed by atoms with Crippen molar-refractivity contribution in [1.29, 1.82) is 0 Å². The SMILES string of the molecule is COc1ccc(CC(C)N2CCCCC2CCN)cc1. The van der Waals surface area contributed by atoms with Gasteiger partial charge in [-0.2, -0.15) is 0 Å². The molecule has 1 heterocycles. The second-order valence-electron chi connectivity index (χ2n) is 5.87. The predicted octanol–water partition coefficient (Wildman–Crippen LogP) is 2.83. The lowest BCUT2D eigenvalue weighted by Crippen LogP contribution is -2.46. The van der Waals surface area contributed by atoms with Gasteiger partial charge in [-0.1, -0.05) is 18.6 Å². The van der Waals surface area contributed by atoms with Crippen LogP contribution in [0.2, 0.25) is 0 Å². The molecule has 0 aromatic heterocycles. The molecular formula is C17H28N2O. The van der Waals surface area contributed by atoms with Crippen LogP contribution in [-0.4, -0.2) is 37.2 Å². The predicted molar refractivity (Wildman–Crippen MR) is 84.2 cm³/mol. The van der Waals surface area contributed by atoms with E-state index in [1.807, 2.05) is 0 Å². The Morgan fingerprint density at radius 2 is 2.05 bits per heavy atom. The van der Waals surface area contributed by atoms with Gasteiger partial charge in [-0.05, 0) is 63.4 Å². The maximum absolute atomic E-state index is 5.77. The molecule has 0 radical (unpaired) electrons. The molecule has 0 saturated carbocycles. The van der Waals surface area contributed by atoms with Gasteiger partial charge in [0.05, 0.1) is 7.11 Å². The molecule has 0 spiro atoms. The number of rotatable bonds is 6. The summed E-state index contributed by atoms with van der Waals surface area (Å²) in [6.07, 6.45) is 6.23. The van der Waals surface area contributed by atoms with Crippen LogP contribution in [0.1, 0.15) is 38.2 Å². The maximum Gasteiger partial charge on any atom is 0.118 e. The number of piperidine rings is 1. The van der Waals surface area contributed by atoms with Crippen molar-refractivity contribution in [2.45, 2.75) is 51.1 Å². The monoisotopic (exact) mass is 276 g/mol. The number of likely N-dealkylation sites (tertiary alicyclic amines) is 1. The van der Waals surface area contributed by atoms with Crippen molar-refractivity contribution in [3.8, 4) is 5.75 Å². The molecule has 3 heteroatoms. The van der Waals surface area contributed by atoms with Gasteiger partial charge in [0.25, 0.3) is 0 Å². The van der Waals surface area contributed by atoms with E-state index in [9.17, 15) is 0 Å². The molecule has 2 N–H and O–H groups in total. The van der Waals surface area contributed by atoms with Gasteiger partial charge in [0.2, 0.25) is 0 Å². The van der Waals surface area contributed by atoms with Crippen LogP contribution in [0, 0.1) is 0 Å². The van der Waals surface area contributed by atoms with E-state index in [0.29, 0.717) is 12.1 Å². The van der Waals surface area contributed by atoms with Crippen LogP contribution >= 0.6 is 0 Å². The van der Waals surface area contributed by atoms with E-state index >= 15 is 0 Å². The lowest BCUT2D eigenvalue weighted by molar-refractivity contribution is 0.0983. The highest BCUT2D eigenvalue weighted by molar-refractivity contribution is 5.27. The minimum Gasteiger partial charge on any atom is -0.497 e. The highest BCUT2D eigenvalue weighted by atomic mass is 16.5. The van der Waals surface area contributed by atoms with Crippen LogP contribution in [0.25, 0.3) is 0 Å². The molecule has 2 atom stereocenters. The maximum atomic E-state index is 5.77. The Balaban J connectivity index is 1.96. The standard InChI is InChI=1S/C17H28N2O/c1-14(13-15-6-8-17(20-2)9-7-15)19-12-4-3-5-16(19)10-11-18/h6-9,14,16H,3-5,10-13,18H2,1-2H3. The third-order valence-corrected chi connectivity index (χ3v) is 4.43. The van der Waals surface area contributed by atoms with Crippen LogP contribution in [0.4, 0.5) is 0 Å². The molecule has 112 valence electrons. The normalized spacial score (nSPS) is 21.6. The number of nitrogens with two attached hydrogens (primary N) is 1. The van der Waals surface area contributed by atoms with Crippen LogP contribution in [0.5, 0.6) is 5.75 Å². The molecule has 2 unspecified atom stereocenters. The summed E-state index contributed by atoms with van der Waals surface area (Å²) < 4.78 is 5.22. The van der Waals surface area contributed by atoms with Crippen molar-refractivity contribution >= 4 is 0 Å². The Morgan fingerprint density at radius 1 is 1.30 bits per heavy atom. The van der Waals surface area contributed by atoms with Gasteiger partial charge >= 0.3 is 0 Å². The number of nitrogens with zero attached hydrogens (tertiary/aromatic N) is 1. The molecule has 20 heavy (non-hydrogen) atoms. The molecule has 1 aromatic rings. The zero-order valence-corrected chi connectivity index (χ0v) is 12.8. The minimum atomic E-state index is 0.584. The highest BCUT2D eigenvalue weighted by Gasteiger charge is 2.25. The zero-order chi connectivity index (χ0) is 14.4. The number of ether oxygens (including phenoxy) is 1. The first kappa shape index (κ1) is 15.3. The van der Waals surface area contributed by atoms with Gasteiger partial charge in [0.15, 0.2) is 0 Å². The van der Waals surface area contributed by atoms with E-state index in [1.54, 1.807) is 7.11 Å². The Bertz CT molecular complexity index is 388. The van der Waals surface area contributed by atoms with Crippen molar-refractivity contribution in [1.82, 2.24) is 4.90 Å². The molecule has 1 aliphatic heterocycles. The van der Waals surface area contributed by atoms with Gasteiger partial charge < -0.3 is 10.5 Å². The first-order valence-corrected chi connectivity index (χ1v) is 7.83. The molecule has 3 nitrogen and oxygen atoms in total. The van der Waals surface area contributed by atoms with Crippen molar-refractivity contribution in [3.63, 3.8) is 0 Å². The Morgan fingerprint density at radius 3 is 2.70 bits per heavy atom. The summed E-state index contributed by atoms with van der Waals surface area (Å²) in [4.78, 5) is 2.67. The van der Waals surface area contributed by atoms with Crippen molar-refractivity contribution in [2.24, 2.45) is 5.73 Å². The highest BCUT2D eigenvalue weighted by Crippen LogP contribution is 2.23. The lowest BCUT2D eigenvalue weighted by atomic mass is 9.95. The Kier molecular flexibility index (Phi) is 5.86.